The summed E-state index contributed by atoms with van der Waals surface area (Å²) in [5, 5.41) is 2.28. The van der Waals surface area contributed by atoms with Crippen LogP contribution in [0.5, 0.6) is 0 Å². The van der Waals surface area contributed by atoms with Crippen molar-refractivity contribution in [2.24, 2.45) is 5.73 Å². The van der Waals surface area contributed by atoms with Crippen LogP contribution in [0.25, 0.3) is 0 Å². The van der Waals surface area contributed by atoms with E-state index in [0.29, 0.717) is 25.7 Å². The van der Waals surface area contributed by atoms with E-state index in [-0.39, 0.29) is 6.04 Å². The molecule has 0 radical (unpaired) electrons. The van der Waals surface area contributed by atoms with Crippen LogP contribution in [0.2, 0.25) is 0 Å². The average molecular weight is 308 g/mol. The fourth-order valence-corrected chi connectivity index (χ4v) is 2.33. The van der Waals surface area contributed by atoms with Gasteiger partial charge in [0.2, 0.25) is 5.82 Å². The summed E-state index contributed by atoms with van der Waals surface area (Å²) < 4.78 is 65.9. The minimum Gasteiger partial charge on any atom is -0.349 e. The van der Waals surface area contributed by atoms with Crippen molar-refractivity contribution < 1.29 is 26.7 Å². The van der Waals surface area contributed by atoms with E-state index in [1.54, 1.807) is 0 Å². The lowest BCUT2D eigenvalue weighted by atomic mass is 9.91. The number of hydrogen-bond acceptors (Lipinski definition) is 2. The summed E-state index contributed by atoms with van der Waals surface area (Å²) in [5.41, 5.74) is 4.21. The first-order valence-electron chi connectivity index (χ1n) is 6.40. The highest BCUT2D eigenvalue weighted by Gasteiger charge is 2.31. The van der Waals surface area contributed by atoms with Crippen LogP contribution < -0.4 is 11.1 Å². The zero-order chi connectivity index (χ0) is 15.7. The van der Waals surface area contributed by atoms with Crippen molar-refractivity contribution in [3.8, 4) is 0 Å². The summed E-state index contributed by atoms with van der Waals surface area (Å²) in [6, 6.07) is -0.403. The van der Waals surface area contributed by atoms with Crippen LogP contribution in [0.15, 0.2) is 0 Å². The predicted octanol–water partition coefficient (Wildman–Crippen LogP) is 2.38. The van der Waals surface area contributed by atoms with Crippen LogP contribution in [0, 0.1) is 29.1 Å². The van der Waals surface area contributed by atoms with Crippen LogP contribution >= 0.6 is 0 Å². The van der Waals surface area contributed by atoms with Crippen LogP contribution in [-0.4, -0.2) is 18.0 Å². The van der Waals surface area contributed by atoms with Crippen LogP contribution in [-0.2, 0) is 0 Å². The van der Waals surface area contributed by atoms with Crippen molar-refractivity contribution in [2.75, 3.05) is 0 Å². The van der Waals surface area contributed by atoms with Crippen molar-refractivity contribution in [1.82, 2.24) is 5.32 Å². The van der Waals surface area contributed by atoms with Gasteiger partial charge in [0, 0.05) is 12.1 Å². The van der Waals surface area contributed by atoms with Gasteiger partial charge in [0.25, 0.3) is 5.91 Å². The molecule has 1 amide bonds. The molecule has 0 unspecified atom stereocenters. The molecule has 3 N–H and O–H groups in total. The molecule has 1 aliphatic carbocycles. The molecule has 1 fully saturated rings. The summed E-state index contributed by atoms with van der Waals surface area (Å²) in [7, 11) is 0. The van der Waals surface area contributed by atoms with Gasteiger partial charge in [-0.2, -0.15) is 0 Å². The first-order valence-corrected chi connectivity index (χ1v) is 6.40. The Bertz CT molecular complexity index is 541. The lowest BCUT2D eigenvalue weighted by molar-refractivity contribution is 0.0914. The van der Waals surface area contributed by atoms with E-state index in [9.17, 15) is 26.7 Å². The summed E-state index contributed by atoms with van der Waals surface area (Å²) in [6.07, 6.45) is 2.20. The maximum absolute atomic E-state index is 13.5. The summed E-state index contributed by atoms with van der Waals surface area (Å²) in [6.45, 7) is 0. The Kier molecular flexibility index (Phi) is 4.46. The number of amides is 1. The van der Waals surface area contributed by atoms with Gasteiger partial charge in [-0.3, -0.25) is 4.79 Å². The number of nitrogens with one attached hydrogen (secondary N) is 1. The molecule has 2 rings (SSSR count). The predicted molar refractivity (Wildman–Crippen MR) is 63.9 cm³/mol. The fourth-order valence-electron chi connectivity index (χ4n) is 2.33. The molecule has 1 saturated carbocycles. The van der Waals surface area contributed by atoms with Crippen molar-refractivity contribution in [2.45, 2.75) is 37.8 Å². The molecule has 0 atom stereocenters. The van der Waals surface area contributed by atoms with E-state index in [1.165, 1.54) is 0 Å². The van der Waals surface area contributed by atoms with Crippen LogP contribution in [0.1, 0.15) is 36.0 Å². The zero-order valence-corrected chi connectivity index (χ0v) is 10.9. The Morgan fingerprint density at radius 1 is 0.857 bits per heavy atom. The Hall–Kier alpha value is -1.70. The summed E-state index contributed by atoms with van der Waals surface area (Å²) in [4.78, 5) is 11.8. The maximum Gasteiger partial charge on any atom is 0.257 e. The molecule has 0 saturated heterocycles. The van der Waals surface area contributed by atoms with Gasteiger partial charge in [-0.05, 0) is 25.7 Å². The van der Waals surface area contributed by atoms with Gasteiger partial charge in [0.05, 0.1) is 0 Å². The number of carbonyl (C=O) groups is 1. The van der Waals surface area contributed by atoms with E-state index >= 15 is 0 Å². The summed E-state index contributed by atoms with van der Waals surface area (Å²) in [5.74, 6) is -12.1. The van der Waals surface area contributed by atoms with Crippen LogP contribution in [0.3, 0.4) is 0 Å². The van der Waals surface area contributed by atoms with Crippen LogP contribution in [0.4, 0.5) is 22.0 Å². The third kappa shape index (κ3) is 2.99. The molecule has 21 heavy (non-hydrogen) atoms. The lowest BCUT2D eigenvalue weighted by Gasteiger charge is -2.26. The second kappa shape index (κ2) is 5.97. The van der Waals surface area contributed by atoms with E-state index in [0.717, 1.165) is 0 Å². The molecule has 0 aliphatic heterocycles. The SMILES string of the molecule is NC1CCC(NC(=O)c2c(F)c(F)c(F)c(F)c2F)CC1. The first-order chi connectivity index (χ1) is 9.82. The smallest absolute Gasteiger partial charge is 0.257 e. The normalized spacial score (nSPS) is 22.2. The van der Waals surface area contributed by atoms with E-state index in [4.69, 9.17) is 5.73 Å². The maximum atomic E-state index is 13.5. The topological polar surface area (TPSA) is 55.1 Å². The number of nitrogens with two attached hydrogens (primary N) is 1. The van der Waals surface area contributed by atoms with Gasteiger partial charge in [-0.15, -0.1) is 0 Å². The minimum absolute atomic E-state index is 0.00710. The lowest BCUT2D eigenvalue weighted by Crippen LogP contribution is -2.41. The second-order valence-electron chi connectivity index (χ2n) is 5.03. The van der Waals surface area contributed by atoms with Gasteiger partial charge < -0.3 is 11.1 Å². The highest BCUT2D eigenvalue weighted by molar-refractivity contribution is 5.95. The Balaban J connectivity index is 2.24. The molecule has 0 heterocycles. The van der Waals surface area contributed by atoms with Gasteiger partial charge in [0.1, 0.15) is 5.56 Å². The molecule has 8 heteroatoms. The van der Waals surface area contributed by atoms with E-state index < -0.39 is 46.6 Å². The standard InChI is InChI=1S/C13H13F5N2O/c14-8-7(9(15)11(17)12(18)10(8)16)13(21)20-6-3-1-5(19)2-4-6/h5-6H,1-4,19H2,(H,20,21). The van der Waals surface area contributed by atoms with Gasteiger partial charge in [-0.1, -0.05) is 0 Å². The van der Waals surface area contributed by atoms with E-state index in [1.807, 2.05) is 0 Å². The monoisotopic (exact) mass is 308 g/mol. The van der Waals surface area contributed by atoms with Crippen molar-refractivity contribution in [1.29, 1.82) is 0 Å². The van der Waals surface area contributed by atoms with Crippen molar-refractivity contribution >= 4 is 5.91 Å². The number of carbonyl (C=O) groups excluding carboxylic acids is 1. The minimum atomic E-state index is -2.29. The first kappa shape index (κ1) is 15.7. The van der Waals surface area contributed by atoms with Gasteiger partial charge >= 0.3 is 0 Å². The number of benzene rings is 1. The van der Waals surface area contributed by atoms with Crippen molar-refractivity contribution in [3.63, 3.8) is 0 Å². The second-order valence-corrected chi connectivity index (χ2v) is 5.03. The van der Waals surface area contributed by atoms with E-state index in [2.05, 4.69) is 5.32 Å². The molecular weight excluding hydrogens is 295 g/mol. The molecule has 0 bridgehead atoms. The molecule has 3 nitrogen and oxygen atoms in total. The average Bonchev–Trinajstić information content (AvgIpc) is 2.46. The Morgan fingerprint density at radius 2 is 1.29 bits per heavy atom. The molecule has 1 aromatic rings. The fraction of sp³-hybridized carbons (Fsp3) is 0.462. The number of rotatable bonds is 2. The quantitative estimate of drug-likeness (QED) is 0.501. The third-order valence-corrected chi connectivity index (χ3v) is 3.54. The zero-order valence-electron chi connectivity index (χ0n) is 10.9. The molecule has 1 aliphatic rings. The Morgan fingerprint density at radius 3 is 1.76 bits per heavy atom. The number of hydrogen-bond donors (Lipinski definition) is 2. The Labute approximate surface area is 117 Å². The molecule has 1 aromatic carbocycles. The molecular formula is C13H13F5N2O. The largest absolute Gasteiger partial charge is 0.349 e. The molecule has 0 spiro atoms. The highest BCUT2D eigenvalue weighted by atomic mass is 19.2. The molecule has 0 aromatic heterocycles. The van der Waals surface area contributed by atoms with Gasteiger partial charge in [0.15, 0.2) is 23.3 Å². The number of halogens is 5. The van der Waals surface area contributed by atoms with Crippen molar-refractivity contribution in [3.05, 3.63) is 34.6 Å². The third-order valence-electron chi connectivity index (χ3n) is 3.54. The highest BCUT2D eigenvalue weighted by Crippen LogP contribution is 2.24. The molecule has 116 valence electrons. The van der Waals surface area contributed by atoms with Gasteiger partial charge in [-0.25, -0.2) is 22.0 Å². The summed E-state index contributed by atoms with van der Waals surface area (Å²) >= 11 is 0.